The molecule has 0 spiro atoms. The van der Waals surface area contributed by atoms with E-state index in [1.54, 1.807) is 18.2 Å². The number of hydrogen-bond donors (Lipinski definition) is 1. The second kappa shape index (κ2) is 15.5. The van der Waals surface area contributed by atoms with Gasteiger partial charge in [-0.2, -0.15) is 0 Å². The first-order valence-corrected chi connectivity index (χ1v) is 16.9. The molecule has 0 fully saturated rings. The lowest BCUT2D eigenvalue weighted by atomic mass is 10.0. The molecule has 4 aromatic carbocycles. The van der Waals surface area contributed by atoms with Gasteiger partial charge in [-0.25, -0.2) is 12.8 Å². The largest absolute Gasteiger partial charge is 0.354 e. The molecule has 0 aliphatic heterocycles. The van der Waals surface area contributed by atoms with Gasteiger partial charge < -0.3 is 10.2 Å². The molecule has 4 rings (SSSR count). The van der Waals surface area contributed by atoms with Crippen molar-refractivity contribution in [3.63, 3.8) is 0 Å². The van der Waals surface area contributed by atoms with Gasteiger partial charge in [0.2, 0.25) is 11.8 Å². The maximum Gasteiger partial charge on any atom is 0.264 e. The maximum atomic E-state index is 14.4. The molecule has 7 nitrogen and oxygen atoms in total. The van der Waals surface area contributed by atoms with Crippen molar-refractivity contribution in [1.29, 1.82) is 0 Å². The Bertz CT molecular complexity index is 1730. The Morgan fingerprint density at radius 1 is 0.889 bits per heavy atom. The molecule has 1 N–H and O–H groups in total. The molecular formula is C34H34BrClFN3O4S. The number of anilines is 1. The topological polar surface area (TPSA) is 86.8 Å². The lowest BCUT2D eigenvalue weighted by Gasteiger charge is -2.34. The van der Waals surface area contributed by atoms with E-state index in [1.807, 2.05) is 68.4 Å². The first-order chi connectivity index (χ1) is 21.5. The maximum absolute atomic E-state index is 14.4. The molecule has 0 aliphatic carbocycles. The number of sulfonamides is 1. The Labute approximate surface area is 277 Å². The summed E-state index contributed by atoms with van der Waals surface area (Å²) in [6.45, 7) is 3.68. The SMILES string of the molecule is CC(C)CNC(=O)[C@H](Cc1ccccc1)N(Cc1cccc(Br)c1)C(=O)CN(c1ccc(F)c(Cl)c1)S(=O)(=O)c1ccccc1. The molecule has 0 saturated heterocycles. The van der Waals surface area contributed by atoms with Crippen LogP contribution in [0.1, 0.15) is 25.0 Å². The Morgan fingerprint density at radius 2 is 1.53 bits per heavy atom. The van der Waals surface area contributed by atoms with Crippen molar-refractivity contribution < 1.29 is 22.4 Å². The van der Waals surface area contributed by atoms with Gasteiger partial charge in [0.05, 0.1) is 15.6 Å². The van der Waals surface area contributed by atoms with Crippen molar-refractivity contribution in [3.05, 3.63) is 130 Å². The van der Waals surface area contributed by atoms with E-state index in [2.05, 4.69) is 21.2 Å². The number of halogens is 3. The van der Waals surface area contributed by atoms with Crippen LogP contribution in [0.15, 0.2) is 112 Å². The third-order valence-corrected chi connectivity index (χ3v) is 9.57. The summed E-state index contributed by atoms with van der Waals surface area (Å²) in [6, 6.07) is 26.8. The summed E-state index contributed by atoms with van der Waals surface area (Å²) in [5, 5.41) is 2.66. The quantitative estimate of drug-likeness (QED) is 0.164. The van der Waals surface area contributed by atoms with Gasteiger partial charge >= 0.3 is 0 Å². The second-order valence-electron chi connectivity index (χ2n) is 10.9. The van der Waals surface area contributed by atoms with Gasteiger partial charge in [-0.05, 0) is 59.5 Å². The number of rotatable bonds is 13. The number of amides is 2. The van der Waals surface area contributed by atoms with Crippen LogP contribution in [0.4, 0.5) is 10.1 Å². The monoisotopic (exact) mass is 713 g/mol. The summed E-state index contributed by atoms with van der Waals surface area (Å²) < 4.78 is 43.8. The lowest BCUT2D eigenvalue weighted by Crippen LogP contribution is -2.53. The average Bonchev–Trinajstić information content (AvgIpc) is 3.02. The Balaban J connectivity index is 1.81. The van der Waals surface area contributed by atoms with E-state index in [9.17, 15) is 22.4 Å². The van der Waals surface area contributed by atoms with Gasteiger partial charge in [-0.3, -0.25) is 13.9 Å². The number of carbonyl (C=O) groups excluding carboxylic acids is 2. The molecule has 0 heterocycles. The van der Waals surface area contributed by atoms with E-state index in [0.717, 1.165) is 26.0 Å². The van der Waals surface area contributed by atoms with Crippen LogP contribution in [0.2, 0.25) is 5.02 Å². The van der Waals surface area contributed by atoms with Crippen molar-refractivity contribution in [2.45, 2.75) is 37.8 Å². The van der Waals surface area contributed by atoms with E-state index < -0.39 is 34.3 Å². The molecule has 236 valence electrons. The van der Waals surface area contributed by atoms with Crippen molar-refractivity contribution >= 4 is 55.1 Å². The minimum absolute atomic E-state index is 0.00452. The molecule has 1 atom stereocenters. The molecule has 2 amide bonds. The zero-order valence-electron chi connectivity index (χ0n) is 24.9. The number of nitrogens with one attached hydrogen (secondary N) is 1. The highest BCUT2D eigenvalue weighted by Crippen LogP contribution is 2.28. The van der Waals surface area contributed by atoms with Crippen molar-refractivity contribution in [2.75, 3.05) is 17.4 Å². The van der Waals surface area contributed by atoms with Crippen molar-refractivity contribution in [2.24, 2.45) is 5.92 Å². The van der Waals surface area contributed by atoms with Crippen LogP contribution < -0.4 is 9.62 Å². The van der Waals surface area contributed by atoms with Crippen LogP contribution >= 0.6 is 27.5 Å². The van der Waals surface area contributed by atoms with Crippen LogP contribution in [0.5, 0.6) is 0 Å². The fourth-order valence-electron chi connectivity index (χ4n) is 4.70. The van der Waals surface area contributed by atoms with Crippen molar-refractivity contribution in [3.8, 4) is 0 Å². The van der Waals surface area contributed by atoms with Gasteiger partial charge in [0.1, 0.15) is 18.4 Å². The first kappa shape index (κ1) is 34.1. The smallest absolute Gasteiger partial charge is 0.264 e. The summed E-state index contributed by atoms with van der Waals surface area (Å²) in [5.41, 5.74) is 1.56. The van der Waals surface area contributed by atoms with E-state index in [-0.39, 0.29) is 40.4 Å². The minimum Gasteiger partial charge on any atom is -0.354 e. The highest BCUT2D eigenvalue weighted by Gasteiger charge is 2.35. The molecule has 45 heavy (non-hydrogen) atoms. The number of nitrogens with zero attached hydrogens (tertiary/aromatic N) is 2. The zero-order valence-corrected chi connectivity index (χ0v) is 28.0. The number of benzene rings is 4. The summed E-state index contributed by atoms with van der Waals surface area (Å²) in [4.78, 5) is 29.6. The molecule has 0 unspecified atom stereocenters. The van der Waals surface area contributed by atoms with E-state index in [0.29, 0.717) is 6.54 Å². The summed E-state index contributed by atoms with van der Waals surface area (Å²) in [5.74, 6) is -1.56. The Hall–Kier alpha value is -3.73. The normalized spacial score (nSPS) is 12.0. The van der Waals surface area contributed by atoms with E-state index in [1.165, 1.54) is 29.2 Å². The van der Waals surface area contributed by atoms with Gasteiger partial charge in [0.15, 0.2) is 0 Å². The molecule has 0 aliphatic rings. The first-order valence-electron chi connectivity index (χ1n) is 14.3. The standard InChI is InChI=1S/C34H34BrClFN3O4S/c1-24(2)21-38-34(42)32(19-25-10-5-3-6-11-25)39(22-26-12-9-13-27(35)18-26)33(41)23-40(28-16-17-31(37)30(36)20-28)45(43,44)29-14-7-4-8-15-29/h3-18,20,24,32H,19,21-23H2,1-2H3,(H,38,42)/t32-/m0/s1. The molecule has 0 aromatic heterocycles. The van der Waals surface area contributed by atoms with Crippen LogP contribution in [0.25, 0.3) is 0 Å². The summed E-state index contributed by atoms with van der Waals surface area (Å²) in [6.07, 6.45) is 0.193. The minimum atomic E-state index is -4.32. The number of hydrogen-bond acceptors (Lipinski definition) is 4. The van der Waals surface area contributed by atoms with Crippen LogP contribution in [-0.4, -0.2) is 44.3 Å². The predicted octanol–water partition coefficient (Wildman–Crippen LogP) is 6.85. The predicted molar refractivity (Wildman–Crippen MR) is 179 cm³/mol. The fourth-order valence-corrected chi connectivity index (χ4v) is 6.75. The van der Waals surface area contributed by atoms with Crippen molar-refractivity contribution in [1.82, 2.24) is 10.2 Å². The Kier molecular flexibility index (Phi) is 11.8. The zero-order chi connectivity index (χ0) is 32.6. The van der Waals surface area contributed by atoms with Gasteiger partial charge in [0.25, 0.3) is 10.0 Å². The Morgan fingerprint density at radius 3 is 2.16 bits per heavy atom. The third kappa shape index (κ3) is 9.15. The van der Waals surface area contributed by atoms with Crippen LogP contribution in [-0.2, 0) is 32.6 Å². The van der Waals surface area contributed by atoms with E-state index in [4.69, 9.17) is 11.6 Å². The van der Waals surface area contributed by atoms with Gasteiger partial charge in [-0.1, -0.05) is 102 Å². The summed E-state index contributed by atoms with van der Waals surface area (Å²) >= 11 is 9.54. The molecule has 0 bridgehead atoms. The van der Waals surface area contributed by atoms with E-state index >= 15 is 0 Å². The van der Waals surface area contributed by atoms with Gasteiger partial charge in [-0.15, -0.1) is 0 Å². The van der Waals surface area contributed by atoms with Crippen LogP contribution in [0, 0.1) is 11.7 Å². The third-order valence-electron chi connectivity index (χ3n) is 7.00. The fraction of sp³-hybridized carbons (Fsp3) is 0.235. The summed E-state index contributed by atoms with van der Waals surface area (Å²) in [7, 11) is -4.32. The average molecular weight is 715 g/mol. The molecule has 4 aromatic rings. The molecule has 0 radical (unpaired) electrons. The molecule has 11 heteroatoms. The lowest BCUT2D eigenvalue weighted by molar-refractivity contribution is -0.140. The number of carbonyl (C=O) groups is 2. The van der Waals surface area contributed by atoms with Gasteiger partial charge in [0, 0.05) is 24.0 Å². The highest BCUT2D eigenvalue weighted by molar-refractivity contribution is 9.10. The van der Waals surface area contributed by atoms with Crippen LogP contribution in [0.3, 0.4) is 0 Å². The molecule has 0 saturated carbocycles. The second-order valence-corrected chi connectivity index (χ2v) is 14.1. The highest BCUT2D eigenvalue weighted by atomic mass is 79.9. The molecular weight excluding hydrogens is 681 g/mol.